The fourth-order valence-corrected chi connectivity index (χ4v) is 1.99. The molecule has 1 rings (SSSR count). The van der Waals surface area contributed by atoms with E-state index in [1.807, 2.05) is 13.8 Å². The third-order valence-corrected chi connectivity index (χ3v) is 2.83. The van der Waals surface area contributed by atoms with Crippen molar-refractivity contribution in [2.45, 2.75) is 44.8 Å². The van der Waals surface area contributed by atoms with Gasteiger partial charge in [0.1, 0.15) is 0 Å². The Labute approximate surface area is 80.4 Å². The molecular formula is C10H21NO2. The standard InChI is InChI=1S/C10H21NO2/c1-9(2,13)7-11-6-4-5-10(11,3)8-12/h12-13H,4-8H2,1-3H3. The zero-order chi connectivity index (χ0) is 10.1. The van der Waals surface area contributed by atoms with E-state index in [2.05, 4.69) is 11.8 Å². The molecule has 78 valence electrons. The van der Waals surface area contributed by atoms with E-state index in [4.69, 9.17) is 0 Å². The van der Waals surface area contributed by atoms with Crippen LogP contribution in [0.3, 0.4) is 0 Å². The maximum Gasteiger partial charge on any atom is 0.0718 e. The zero-order valence-corrected chi connectivity index (χ0v) is 8.88. The van der Waals surface area contributed by atoms with E-state index in [-0.39, 0.29) is 12.1 Å². The molecule has 1 aliphatic rings. The Kier molecular flexibility index (Phi) is 3.00. The van der Waals surface area contributed by atoms with Gasteiger partial charge in [-0.05, 0) is 40.2 Å². The summed E-state index contributed by atoms with van der Waals surface area (Å²) in [6, 6.07) is 0. The molecule has 1 unspecified atom stereocenters. The van der Waals surface area contributed by atoms with Crippen molar-refractivity contribution in [3.05, 3.63) is 0 Å². The highest BCUT2D eigenvalue weighted by atomic mass is 16.3. The van der Waals surface area contributed by atoms with Crippen LogP contribution in [0.1, 0.15) is 33.6 Å². The second-order valence-corrected chi connectivity index (χ2v) is 4.99. The Morgan fingerprint density at radius 1 is 1.46 bits per heavy atom. The average molecular weight is 187 g/mol. The molecule has 0 aromatic carbocycles. The lowest BCUT2D eigenvalue weighted by Crippen LogP contribution is -2.50. The van der Waals surface area contributed by atoms with Crippen LogP contribution < -0.4 is 0 Å². The summed E-state index contributed by atoms with van der Waals surface area (Å²) in [5.74, 6) is 0. The van der Waals surface area contributed by atoms with Gasteiger partial charge in [-0.2, -0.15) is 0 Å². The first-order chi connectivity index (χ1) is 5.87. The molecule has 0 amide bonds. The number of rotatable bonds is 3. The molecule has 0 aromatic rings. The summed E-state index contributed by atoms with van der Waals surface area (Å²) in [6.07, 6.45) is 2.15. The van der Waals surface area contributed by atoms with Crippen LogP contribution in [0, 0.1) is 0 Å². The number of likely N-dealkylation sites (tertiary alicyclic amines) is 1. The molecule has 3 nitrogen and oxygen atoms in total. The number of hydrogen-bond donors (Lipinski definition) is 2. The van der Waals surface area contributed by atoms with Gasteiger partial charge >= 0.3 is 0 Å². The van der Waals surface area contributed by atoms with Crippen LogP contribution in [-0.4, -0.2) is 45.9 Å². The number of β-amino-alcohol motifs (C(OH)–C–C–N with tert-alkyl or cyclic N) is 1. The van der Waals surface area contributed by atoms with Gasteiger partial charge in [0.05, 0.1) is 12.2 Å². The van der Waals surface area contributed by atoms with Gasteiger partial charge in [-0.1, -0.05) is 0 Å². The lowest BCUT2D eigenvalue weighted by Gasteiger charge is -2.37. The van der Waals surface area contributed by atoms with Crippen molar-refractivity contribution in [1.82, 2.24) is 4.90 Å². The third-order valence-electron chi connectivity index (χ3n) is 2.83. The van der Waals surface area contributed by atoms with E-state index in [0.29, 0.717) is 6.54 Å². The SMILES string of the molecule is CC(C)(O)CN1CCCC1(C)CO. The minimum atomic E-state index is -0.666. The number of nitrogens with zero attached hydrogens (tertiary/aromatic N) is 1. The summed E-state index contributed by atoms with van der Waals surface area (Å²) in [6.45, 7) is 7.49. The quantitative estimate of drug-likeness (QED) is 0.680. The average Bonchev–Trinajstić information content (AvgIpc) is 2.31. The normalized spacial score (nSPS) is 31.2. The van der Waals surface area contributed by atoms with Crippen LogP contribution in [-0.2, 0) is 0 Å². The van der Waals surface area contributed by atoms with Gasteiger partial charge in [0.15, 0.2) is 0 Å². The predicted molar refractivity (Wildman–Crippen MR) is 52.6 cm³/mol. The highest BCUT2D eigenvalue weighted by molar-refractivity contribution is 4.93. The van der Waals surface area contributed by atoms with Crippen molar-refractivity contribution in [1.29, 1.82) is 0 Å². The summed E-state index contributed by atoms with van der Waals surface area (Å²) >= 11 is 0. The fourth-order valence-electron chi connectivity index (χ4n) is 1.99. The maximum absolute atomic E-state index is 9.68. The molecule has 0 aliphatic carbocycles. The van der Waals surface area contributed by atoms with Crippen LogP contribution in [0.25, 0.3) is 0 Å². The minimum absolute atomic E-state index is 0.111. The Morgan fingerprint density at radius 2 is 2.08 bits per heavy atom. The Bertz CT molecular complexity index is 176. The van der Waals surface area contributed by atoms with Crippen molar-refractivity contribution >= 4 is 0 Å². The second kappa shape index (κ2) is 3.56. The van der Waals surface area contributed by atoms with Gasteiger partial charge < -0.3 is 10.2 Å². The molecule has 2 N–H and O–H groups in total. The molecule has 0 spiro atoms. The van der Waals surface area contributed by atoms with E-state index in [9.17, 15) is 10.2 Å². The van der Waals surface area contributed by atoms with Gasteiger partial charge in [-0.25, -0.2) is 0 Å². The first kappa shape index (κ1) is 11.0. The number of aliphatic hydroxyl groups is 2. The molecule has 13 heavy (non-hydrogen) atoms. The summed E-state index contributed by atoms with van der Waals surface area (Å²) in [4.78, 5) is 2.19. The number of aliphatic hydroxyl groups excluding tert-OH is 1. The van der Waals surface area contributed by atoms with E-state index in [0.717, 1.165) is 19.4 Å². The monoisotopic (exact) mass is 187 g/mol. The molecule has 1 saturated heterocycles. The fraction of sp³-hybridized carbons (Fsp3) is 1.00. The largest absolute Gasteiger partial charge is 0.394 e. The summed E-state index contributed by atoms with van der Waals surface area (Å²) < 4.78 is 0. The van der Waals surface area contributed by atoms with Crippen LogP contribution in [0.2, 0.25) is 0 Å². The zero-order valence-electron chi connectivity index (χ0n) is 8.88. The predicted octanol–water partition coefficient (Wildman–Crippen LogP) is 0.604. The smallest absolute Gasteiger partial charge is 0.0718 e. The lowest BCUT2D eigenvalue weighted by molar-refractivity contribution is -0.00580. The first-order valence-corrected chi connectivity index (χ1v) is 4.96. The summed E-state index contributed by atoms with van der Waals surface area (Å²) in [7, 11) is 0. The highest BCUT2D eigenvalue weighted by Gasteiger charge is 2.37. The van der Waals surface area contributed by atoms with Crippen molar-refractivity contribution in [2.75, 3.05) is 19.7 Å². The van der Waals surface area contributed by atoms with E-state index in [1.165, 1.54) is 0 Å². The lowest BCUT2D eigenvalue weighted by atomic mass is 9.98. The molecule has 0 bridgehead atoms. The molecular weight excluding hydrogens is 166 g/mol. The van der Waals surface area contributed by atoms with Gasteiger partial charge in [-0.15, -0.1) is 0 Å². The molecule has 0 aromatic heterocycles. The van der Waals surface area contributed by atoms with Crippen LogP contribution in [0.15, 0.2) is 0 Å². The molecule has 1 fully saturated rings. The minimum Gasteiger partial charge on any atom is -0.394 e. The second-order valence-electron chi connectivity index (χ2n) is 4.99. The van der Waals surface area contributed by atoms with Gasteiger partial charge in [-0.3, -0.25) is 4.90 Å². The van der Waals surface area contributed by atoms with Crippen LogP contribution >= 0.6 is 0 Å². The van der Waals surface area contributed by atoms with Crippen molar-refractivity contribution in [3.8, 4) is 0 Å². The van der Waals surface area contributed by atoms with Gasteiger partial charge in [0.2, 0.25) is 0 Å². The third kappa shape index (κ3) is 2.66. The molecule has 0 radical (unpaired) electrons. The molecule has 3 heteroatoms. The number of hydrogen-bond acceptors (Lipinski definition) is 3. The van der Waals surface area contributed by atoms with Gasteiger partial charge in [0, 0.05) is 12.1 Å². The Balaban J connectivity index is 2.59. The summed E-state index contributed by atoms with van der Waals surface area (Å²) in [5.41, 5.74) is -0.777. The van der Waals surface area contributed by atoms with E-state index >= 15 is 0 Å². The van der Waals surface area contributed by atoms with Crippen molar-refractivity contribution in [2.24, 2.45) is 0 Å². The molecule has 0 saturated carbocycles. The van der Waals surface area contributed by atoms with Crippen molar-refractivity contribution < 1.29 is 10.2 Å². The highest BCUT2D eigenvalue weighted by Crippen LogP contribution is 2.29. The maximum atomic E-state index is 9.68. The topological polar surface area (TPSA) is 43.7 Å². The van der Waals surface area contributed by atoms with Gasteiger partial charge in [0.25, 0.3) is 0 Å². The first-order valence-electron chi connectivity index (χ1n) is 4.96. The van der Waals surface area contributed by atoms with Crippen LogP contribution in [0.4, 0.5) is 0 Å². The Morgan fingerprint density at radius 3 is 2.54 bits per heavy atom. The molecule has 1 aliphatic heterocycles. The van der Waals surface area contributed by atoms with E-state index < -0.39 is 5.60 Å². The molecule has 1 atom stereocenters. The van der Waals surface area contributed by atoms with E-state index in [1.54, 1.807) is 0 Å². The van der Waals surface area contributed by atoms with Crippen molar-refractivity contribution in [3.63, 3.8) is 0 Å². The summed E-state index contributed by atoms with van der Waals surface area (Å²) in [5, 5.41) is 19.0. The Hall–Kier alpha value is -0.120. The molecule has 1 heterocycles. The van der Waals surface area contributed by atoms with Crippen LogP contribution in [0.5, 0.6) is 0 Å².